The molecule has 0 unspecified atom stereocenters. The molecule has 1 N–H and O–H groups in total. The topological polar surface area (TPSA) is 69.7 Å². The smallest absolute Gasteiger partial charge is 0.336 e. The highest BCUT2D eigenvalue weighted by Gasteiger charge is 2.31. The van der Waals surface area contributed by atoms with Gasteiger partial charge in [-0.1, -0.05) is 18.2 Å². The zero-order valence-electron chi connectivity index (χ0n) is 18.2. The summed E-state index contributed by atoms with van der Waals surface area (Å²) in [6.45, 7) is 4.34. The van der Waals surface area contributed by atoms with Crippen LogP contribution in [0.2, 0.25) is 0 Å². The predicted octanol–water partition coefficient (Wildman–Crippen LogP) is 3.41. The fourth-order valence-corrected chi connectivity index (χ4v) is 5.15. The Labute approximate surface area is 191 Å². The molecule has 0 radical (unpaired) electrons. The second-order valence-corrected chi connectivity index (χ2v) is 10.3. The number of hydrogen-bond donors (Lipinski definition) is 1. The summed E-state index contributed by atoms with van der Waals surface area (Å²) >= 11 is 0. The lowest BCUT2D eigenvalue weighted by Gasteiger charge is -2.35. The number of benzene rings is 2. The number of nitrogens with one attached hydrogen (secondary N) is 1. The van der Waals surface area contributed by atoms with Gasteiger partial charge in [0.1, 0.15) is 0 Å². The highest BCUT2D eigenvalue weighted by Crippen LogP contribution is 2.29. The molecule has 2 aromatic rings. The average molecular weight is 482 g/mol. The SMILES string of the molecule is Cc1ccc(S(=O)(=O)NC2CC2)cc1C(=O)N1CCN(Cc2ccc(C(F)(F)F)cc2)CC1. The van der Waals surface area contributed by atoms with E-state index in [0.29, 0.717) is 43.9 Å². The van der Waals surface area contributed by atoms with E-state index in [-0.39, 0.29) is 16.8 Å². The van der Waals surface area contributed by atoms with Gasteiger partial charge in [0.25, 0.3) is 5.91 Å². The molecule has 1 saturated heterocycles. The van der Waals surface area contributed by atoms with E-state index in [2.05, 4.69) is 9.62 Å². The molecule has 2 aromatic carbocycles. The number of piperazine rings is 1. The number of halogens is 3. The molecule has 1 heterocycles. The van der Waals surface area contributed by atoms with Crippen LogP contribution in [0.3, 0.4) is 0 Å². The van der Waals surface area contributed by atoms with E-state index in [4.69, 9.17) is 0 Å². The molecule has 1 aliphatic heterocycles. The van der Waals surface area contributed by atoms with Crippen molar-refractivity contribution in [1.29, 1.82) is 0 Å². The first-order chi connectivity index (χ1) is 15.5. The van der Waals surface area contributed by atoms with Gasteiger partial charge in [-0.05, 0) is 55.2 Å². The van der Waals surface area contributed by atoms with Crippen LogP contribution in [0.1, 0.15) is 39.9 Å². The Morgan fingerprint density at radius 1 is 1.03 bits per heavy atom. The number of sulfonamides is 1. The average Bonchev–Trinajstić information content (AvgIpc) is 3.57. The molecule has 1 aliphatic carbocycles. The Morgan fingerprint density at radius 2 is 1.67 bits per heavy atom. The summed E-state index contributed by atoms with van der Waals surface area (Å²) in [5.41, 5.74) is 1.18. The quantitative estimate of drug-likeness (QED) is 0.687. The van der Waals surface area contributed by atoms with Crippen LogP contribution in [0.4, 0.5) is 13.2 Å². The molecular weight excluding hydrogens is 455 g/mol. The predicted molar refractivity (Wildman–Crippen MR) is 117 cm³/mol. The number of carbonyl (C=O) groups excluding carboxylic acids is 1. The zero-order chi connectivity index (χ0) is 23.8. The summed E-state index contributed by atoms with van der Waals surface area (Å²) in [5.74, 6) is -0.217. The Bertz CT molecular complexity index is 1120. The third-order valence-electron chi connectivity index (χ3n) is 6.00. The lowest BCUT2D eigenvalue weighted by Crippen LogP contribution is -2.48. The Morgan fingerprint density at radius 3 is 2.24 bits per heavy atom. The van der Waals surface area contributed by atoms with Crippen molar-refractivity contribution in [2.24, 2.45) is 0 Å². The van der Waals surface area contributed by atoms with Crippen LogP contribution in [0.25, 0.3) is 0 Å². The summed E-state index contributed by atoms with van der Waals surface area (Å²) in [4.78, 5) is 17.0. The van der Waals surface area contributed by atoms with Crippen molar-refractivity contribution in [3.05, 3.63) is 64.7 Å². The molecule has 0 atom stereocenters. The minimum atomic E-state index is -4.35. The van der Waals surface area contributed by atoms with Gasteiger partial charge in [-0.2, -0.15) is 13.2 Å². The first-order valence-electron chi connectivity index (χ1n) is 10.8. The van der Waals surface area contributed by atoms with Gasteiger partial charge in [-0.25, -0.2) is 13.1 Å². The molecule has 1 amide bonds. The highest BCUT2D eigenvalue weighted by molar-refractivity contribution is 7.89. The van der Waals surface area contributed by atoms with E-state index in [1.54, 1.807) is 17.9 Å². The Hall–Kier alpha value is -2.43. The Balaban J connectivity index is 1.38. The maximum atomic E-state index is 13.1. The molecule has 4 rings (SSSR count). The summed E-state index contributed by atoms with van der Waals surface area (Å²) in [6, 6.07) is 9.70. The molecule has 178 valence electrons. The van der Waals surface area contributed by atoms with Crippen molar-refractivity contribution in [2.45, 2.75) is 43.4 Å². The third-order valence-corrected chi connectivity index (χ3v) is 7.51. The summed E-state index contributed by atoms with van der Waals surface area (Å²) in [5, 5.41) is 0. The van der Waals surface area contributed by atoms with Crippen molar-refractivity contribution >= 4 is 15.9 Å². The van der Waals surface area contributed by atoms with E-state index in [0.717, 1.165) is 30.5 Å². The van der Waals surface area contributed by atoms with Gasteiger partial charge in [0, 0.05) is 44.3 Å². The minimum absolute atomic E-state index is 0.0202. The molecule has 0 spiro atoms. The molecule has 2 aliphatic rings. The second-order valence-electron chi connectivity index (χ2n) is 8.64. The van der Waals surface area contributed by atoms with Crippen molar-refractivity contribution in [2.75, 3.05) is 26.2 Å². The zero-order valence-corrected chi connectivity index (χ0v) is 19.0. The van der Waals surface area contributed by atoms with Gasteiger partial charge in [-0.15, -0.1) is 0 Å². The molecule has 1 saturated carbocycles. The number of aryl methyl sites for hydroxylation is 1. The van der Waals surface area contributed by atoms with Crippen LogP contribution < -0.4 is 4.72 Å². The van der Waals surface area contributed by atoms with Crippen LogP contribution in [-0.4, -0.2) is 56.3 Å². The molecule has 6 nitrogen and oxygen atoms in total. The van der Waals surface area contributed by atoms with Crippen LogP contribution in [-0.2, 0) is 22.7 Å². The number of alkyl halides is 3. The van der Waals surface area contributed by atoms with Crippen molar-refractivity contribution in [3.8, 4) is 0 Å². The highest BCUT2D eigenvalue weighted by atomic mass is 32.2. The van der Waals surface area contributed by atoms with E-state index in [1.807, 2.05) is 0 Å². The van der Waals surface area contributed by atoms with Crippen LogP contribution in [0.5, 0.6) is 0 Å². The van der Waals surface area contributed by atoms with Gasteiger partial charge in [0.15, 0.2) is 0 Å². The number of nitrogens with zero attached hydrogens (tertiary/aromatic N) is 2. The standard InChI is InChI=1S/C23H26F3N3O3S/c1-16-2-9-20(33(31,32)27-19-7-8-19)14-21(16)22(30)29-12-10-28(11-13-29)15-17-3-5-18(6-4-17)23(24,25)26/h2-6,9,14,19,27H,7-8,10-13,15H2,1H3. The Kier molecular flexibility index (Phi) is 6.52. The fraction of sp³-hybridized carbons (Fsp3) is 0.435. The summed E-state index contributed by atoms with van der Waals surface area (Å²) < 4.78 is 65.9. The monoisotopic (exact) mass is 481 g/mol. The maximum absolute atomic E-state index is 13.1. The molecule has 10 heteroatoms. The van der Waals surface area contributed by atoms with Crippen LogP contribution >= 0.6 is 0 Å². The largest absolute Gasteiger partial charge is 0.416 e. The second kappa shape index (κ2) is 9.08. The van der Waals surface area contributed by atoms with Gasteiger partial charge >= 0.3 is 6.18 Å². The molecular formula is C23H26F3N3O3S. The minimum Gasteiger partial charge on any atom is -0.336 e. The van der Waals surface area contributed by atoms with E-state index < -0.39 is 21.8 Å². The number of amides is 1. The first-order valence-corrected chi connectivity index (χ1v) is 12.3. The maximum Gasteiger partial charge on any atom is 0.416 e. The molecule has 33 heavy (non-hydrogen) atoms. The van der Waals surface area contributed by atoms with Gasteiger partial charge in [0.2, 0.25) is 10.0 Å². The fourth-order valence-electron chi connectivity index (χ4n) is 3.82. The first kappa shape index (κ1) is 23.7. The number of carbonyl (C=O) groups is 1. The summed E-state index contributed by atoms with van der Waals surface area (Å²) in [6.07, 6.45) is -2.70. The molecule has 0 aromatic heterocycles. The summed E-state index contributed by atoms with van der Waals surface area (Å²) in [7, 11) is -3.66. The van der Waals surface area contributed by atoms with E-state index in [9.17, 15) is 26.4 Å². The van der Waals surface area contributed by atoms with Crippen LogP contribution in [0, 0.1) is 6.92 Å². The lowest BCUT2D eigenvalue weighted by molar-refractivity contribution is -0.137. The number of hydrogen-bond acceptors (Lipinski definition) is 4. The van der Waals surface area contributed by atoms with E-state index in [1.165, 1.54) is 24.3 Å². The van der Waals surface area contributed by atoms with Crippen LogP contribution in [0.15, 0.2) is 47.4 Å². The van der Waals surface area contributed by atoms with Crippen molar-refractivity contribution < 1.29 is 26.4 Å². The molecule has 0 bridgehead atoms. The van der Waals surface area contributed by atoms with Crippen molar-refractivity contribution in [3.63, 3.8) is 0 Å². The lowest BCUT2D eigenvalue weighted by atomic mass is 10.1. The third kappa shape index (κ3) is 5.74. The van der Waals surface area contributed by atoms with Gasteiger partial charge < -0.3 is 4.90 Å². The number of rotatable bonds is 6. The normalized spacial score (nSPS) is 17.9. The van der Waals surface area contributed by atoms with E-state index >= 15 is 0 Å². The van der Waals surface area contributed by atoms with Crippen molar-refractivity contribution in [1.82, 2.24) is 14.5 Å². The molecule has 2 fully saturated rings. The van der Waals surface area contributed by atoms with Gasteiger partial charge in [-0.3, -0.25) is 9.69 Å². The van der Waals surface area contributed by atoms with Gasteiger partial charge in [0.05, 0.1) is 10.5 Å².